The molecule has 1 heterocycles. The highest BCUT2D eigenvalue weighted by Crippen LogP contribution is 2.32. The summed E-state index contributed by atoms with van der Waals surface area (Å²) in [6.45, 7) is 3.19. The van der Waals surface area contributed by atoms with Crippen LogP contribution in [-0.2, 0) is 0 Å². The summed E-state index contributed by atoms with van der Waals surface area (Å²) in [4.78, 5) is 16.9. The van der Waals surface area contributed by atoms with Gasteiger partial charge in [0.15, 0.2) is 0 Å². The number of nitrogens with zero attached hydrogens (tertiary/aromatic N) is 2. The van der Waals surface area contributed by atoms with Gasteiger partial charge in [-0.15, -0.1) is 0 Å². The summed E-state index contributed by atoms with van der Waals surface area (Å²) in [7, 11) is 4.12. The summed E-state index contributed by atoms with van der Waals surface area (Å²) >= 11 is 0. The van der Waals surface area contributed by atoms with Crippen molar-refractivity contribution < 1.29 is 4.79 Å². The summed E-state index contributed by atoms with van der Waals surface area (Å²) in [5.74, 6) is 1.62. The zero-order valence-corrected chi connectivity index (χ0v) is 13.9. The monoisotopic (exact) mass is 300 g/mol. The van der Waals surface area contributed by atoms with Gasteiger partial charge in [0.05, 0.1) is 0 Å². The van der Waals surface area contributed by atoms with E-state index in [1.54, 1.807) is 0 Å². The Balaban J connectivity index is 1.65. The predicted octanol–water partition coefficient (Wildman–Crippen LogP) is 3.37. The third-order valence-electron chi connectivity index (χ3n) is 5.15. The van der Waals surface area contributed by atoms with E-state index < -0.39 is 0 Å². The lowest BCUT2D eigenvalue weighted by Gasteiger charge is -2.30. The first-order valence-electron chi connectivity index (χ1n) is 8.67. The lowest BCUT2D eigenvalue weighted by Crippen LogP contribution is -2.31. The molecule has 1 amide bonds. The molecule has 3 heteroatoms. The van der Waals surface area contributed by atoms with Gasteiger partial charge >= 0.3 is 0 Å². The van der Waals surface area contributed by atoms with E-state index >= 15 is 0 Å². The van der Waals surface area contributed by atoms with Crippen molar-refractivity contribution >= 4 is 5.91 Å². The van der Waals surface area contributed by atoms with Gasteiger partial charge in [0, 0.05) is 25.7 Å². The largest absolute Gasteiger partial charge is 0.342 e. The molecule has 22 heavy (non-hydrogen) atoms. The molecule has 0 N–H and O–H groups in total. The fraction of sp³-hybridized carbons (Fsp3) is 0.632. The molecule has 1 saturated heterocycles. The van der Waals surface area contributed by atoms with Crippen LogP contribution in [0, 0.1) is 5.92 Å². The van der Waals surface area contributed by atoms with E-state index in [0.717, 1.165) is 31.0 Å². The third-order valence-corrected chi connectivity index (χ3v) is 5.15. The van der Waals surface area contributed by atoms with Crippen molar-refractivity contribution in [3.8, 4) is 0 Å². The first kappa shape index (κ1) is 15.5. The first-order chi connectivity index (χ1) is 10.6. The summed E-state index contributed by atoms with van der Waals surface area (Å²) in [5.41, 5.74) is 2.18. The van der Waals surface area contributed by atoms with Crippen LogP contribution in [0.25, 0.3) is 0 Å². The van der Waals surface area contributed by atoms with Gasteiger partial charge in [0.1, 0.15) is 0 Å². The molecule has 1 unspecified atom stereocenters. The molecule has 1 aliphatic heterocycles. The van der Waals surface area contributed by atoms with Gasteiger partial charge in [-0.2, -0.15) is 0 Å². The number of benzene rings is 1. The molecule has 1 aromatic rings. The molecule has 120 valence electrons. The number of hydrogen-bond acceptors (Lipinski definition) is 2. The van der Waals surface area contributed by atoms with Crippen LogP contribution in [0.15, 0.2) is 24.3 Å². The van der Waals surface area contributed by atoms with E-state index in [4.69, 9.17) is 0 Å². The highest BCUT2D eigenvalue weighted by molar-refractivity contribution is 5.94. The number of piperidine rings is 1. The normalized spacial score (nSPS) is 22.5. The Morgan fingerprint density at radius 3 is 2.86 bits per heavy atom. The van der Waals surface area contributed by atoms with E-state index in [9.17, 15) is 4.79 Å². The molecular weight excluding hydrogens is 272 g/mol. The van der Waals surface area contributed by atoms with Crippen LogP contribution in [0.5, 0.6) is 0 Å². The molecule has 1 saturated carbocycles. The summed E-state index contributed by atoms with van der Waals surface area (Å²) < 4.78 is 0. The van der Waals surface area contributed by atoms with Crippen LogP contribution in [0.1, 0.15) is 53.9 Å². The molecule has 3 nitrogen and oxygen atoms in total. The first-order valence-corrected chi connectivity index (χ1v) is 8.67. The minimum absolute atomic E-state index is 0.173. The standard InChI is InChI=1S/C19H28N2O/c1-20-11-4-7-18(14-20)16-5-3-6-17(13-16)19(22)21(2)12-10-15-8-9-15/h3,5-6,13,15,18H,4,7-12,14H2,1-2H3. The minimum Gasteiger partial charge on any atom is -0.342 e. The van der Waals surface area contributed by atoms with E-state index in [2.05, 4.69) is 24.1 Å². The van der Waals surface area contributed by atoms with Crippen LogP contribution in [0.2, 0.25) is 0 Å². The molecule has 0 spiro atoms. The second-order valence-electron chi connectivity index (χ2n) is 7.19. The maximum atomic E-state index is 12.6. The molecule has 0 radical (unpaired) electrons. The maximum absolute atomic E-state index is 12.6. The summed E-state index contributed by atoms with van der Waals surface area (Å²) in [6.07, 6.45) is 6.36. The molecule has 0 bridgehead atoms. The summed E-state index contributed by atoms with van der Waals surface area (Å²) in [6, 6.07) is 8.32. The number of carbonyl (C=O) groups is 1. The number of hydrogen-bond donors (Lipinski definition) is 0. The number of likely N-dealkylation sites (N-methyl/N-ethyl adjacent to an activating group) is 1. The molecule has 3 rings (SSSR count). The third kappa shape index (κ3) is 3.89. The second kappa shape index (κ2) is 6.82. The number of amides is 1. The lowest BCUT2D eigenvalue weighted by molar-refractivity contribution is 0.0791. The average molecular weight is 300 g/mol. The van der Waals surface area contributed by atoms with Crippen molar-refractivity contribution in [1.82, 2.24) is 9.80 Å². The topological polar surface area (TPSA) is 23.6 Å². The predicted molar refractivity (Wildman–Crippen MR) is 90.2 cm³/mol. The second-order valence-corrected chi connectivity index (χ2v) is 7.19. The number of likely N-dealkylation sites (tertiary alicyclic amines) is 1. The Hall–Kier alpha value is -1.35. The van der Waals surface area contributed by atoms with Gasteiger partial charge in [-0.25, -0.2) is 0 Å². The molecule has 2 aliphatic rings. The lowest BCUT2D eigenvalue weighted by atomic mass is 9.90. The summed E-state index contributed by atoms with van der Waals surface area (Å²) in [5, 5.41) is 0. The van der Waals surface area contributed by atoms with Gasteiger partial charge < -0.3 is 9.80 Å². The van der Waals surface area contributed by atoms with Crippen LogP contribution >= 0.6 is 0 Å². The van der Waals surface area contributed by atoms with Crippen LogP contribution in [0.3, 0.4) is 0 Å². The minimum atomic E-state index is 0.173. The fourth-order valence-corrected chi connectivity index (χ4v) is 3.47. The Morgan fingerprint density at radius 1 is 1.32 bits per heavy atom. The van der Waals surface area contributed by atoms with Crippen LogP contribution in [-0.4, -0.2) is 49.4 Å². The van der Waals surface area contributed by atoms with Crippen molar-refractivity contribution in [2.24, 2.45) is 5.92 Å². The molecule has 2 fully saturated rings. The highest BCUT2D eigenvalue weighted by Gasteiger charge is 2.23. The van der Waals surface area contributed by atoms with Gasteiger partial charge in [-0.1, -0.05) is 25.0 Å². The Kier molecular flexibility index (Phi) is 4.82. The quantitative estimate of drug-likeness (QED) is 0.832. The van der Waals surface area contributed by atoms with Crippen molar-refractivity contribution in [2.75, 3.05) is 33.7 Å². The van der Waals surface area contributed by atoms with Crippen LogP contribution < -0.4 is 0 Å². The molecule has 1 atom stereocenters. The number of carbonyl (C=O) groups excluding carboxylic acids is 1. The van der Waals surface area contributed by atoms with Crippen LogP contribution in [0.4, 0.5) is 0 Å². The van der Waals surface area contributed by atoms with Crippen molar-refractivity contribution in [2.45, 2.75) is 38.0 Å². The molecule has 1 aliphatic carbocycles. The van der Waals surface area contributed by atoms with Gasteiger partial charge in [-0.05, 0) is 62.4 Å². The van der Waals surface area contributed by atoms with E-state index in [1.807, 2.05) is 24.1 Å². The Bertz CT molecular complexity index is 524. The zero-order chi connectivity index (χ0) is 15.5. The SMILES string of the molecule is CN1CCCC(c2cccc(C(=O)N(C)CCC3CC3)c2)C1. The maximum Gasteiger partial charge on any atom is 0.253 e. The van der Waals surface area contributed by atoms with Gasteiger partial charge in [-0.3, -0.25) is 4.79 Å². The van der Waals surface area contributed by atoms with E-state index in [1.165, 1.54) is 37.8 Å². The van der Waals surface area contributed by atoms with Crippen molar-refractivity contribution in [1.29, 1.82) is 0 Å². The smallest absolute Gasteiger partial charge is 0.253 e. The molecule has 1 aromatic carbocycles. The Morgan fingerprint density at radius 2 is 2.14 bits per heavy atom. The Labute approximate surface area is 134 Å². The van der Waals surface area contributed by atoms with E-state index in [-0.39, 0.29) is 5.91 Å². The molecular formula is C19H28N2O. The van der Waals surface area contributed by atoms with Crippen molar-refractivity contribution in [3.05, 3.63) is 35.4 Å². The molecule has 0 aromatic heterocycles. The highest BCUT2D eigenvalue weighted by atomic mass is 16.2. The zero-order valence-electron chi connectivity index (χ0n) is 13.9. The van der Waals surface area contributed by atoms with Crippen molar-refractivity contribution in [3.63, 3.8) is 0 Å². The number of rotatable bonds is 5. The average Bonchev–Trinajstić information content (AvgIpc) is 3.36. The van der Waals surface area contributed by atoms with E-state index in [0.29, 0.717) is 5.92 Å². The van der Waals surface area contributed by atoms with Gasteiger partial charge in [0.2, 0.25) is 0 Å². The van der Waals surface area contributed by atoms with Gasteiger partial charge in [0.25, 0.3) is 5.91 Å². The fourth-order valence-electron chi connectivity index (χ4n) is 3.47.